The molecular formula is C24H17BrClNO2S2. The lowest BCUT2D eigenvalue weighted by Crippen LogP contribution is -2.28. The van der Waals surface area contributed by atoms with E-state index in [1.165, 1.54) is 11.8 Å². The fourth-order valence-corrected chi connectivity index (χ4v) is 5.01. The molecule has 0 atom stereocenters. The van der Waals surface area contributed by atoms with Gasteiger partial charge in [0.05, 0.1) is 10.6 Å². The predicted octanol–water partition coefficient (Wildman–Crippen LogP) is 7.40. The second-order valence-electron chi connectivity index (χ2n) is 6.87. The smallest absolute Gasteiger partial charge is 0.270 e. The van der Waals surface area contributed by atoms with Crippen molar-refractivity contribution in [3.63, 3.8) is 0 Å². The normalized spacial score (nSPS) is 15.1. The molecule has 156 valence electrons. The SMILES string of the molecule is Cc1ccccc1N1C(=O)/C(=C\c2cc(Br)ccc2OCc2ccccc2Cl)SC1=S. The number of halogens is 2. The Morgan fingerprint density at radius 3 is 2.65 bits per heavy atom. The second kappa shape index (κ2) is 9.57. The number of carbonyl (C=O) groups excluding carboxylic acids is 1. The van der Waals surface area contributed by atoms with Crippen LogP contribution in [0, 0.1) is 6.92 Å². The highest BCUT2D eigenvalue weighted by atomic mass is 79.9. The van der Waals surface area contributed by atoms with Crippen LogP contribution in [0.2, 0.25) is 5.02 Å². The van der Waals surface area contributed by atoms with Gasteiger partial charge in [-0.15, -0.1) is 0 Å². The van der Waals surface area contributed by atoms with Gasteiger partial charge in [-0.2, -0.15) is 0 Å². The van der Waals surface area contributed by atoms with Crippen molar-refractivity contribution in [1.82, 2.24) is 0 Å². The zero-order valence-electron chi connectivity index (χ0n) is 16.5. The average molecular weight is 531 g/mol. The molecule has 1 saturated heterocycles. The summed E-state index contributed by atoms with van der Waals surface area (Å²) in [5.74, 6) is 0.519. The number of benzene rings is 3. The summed E-state index contributed by atoms with van der Waals surface area (Å²) in [7, 11) is 0. The summed E-state index contributed by atoms with van der Waals surface area (Å²) in [5.41, 5.74) is 3.47. The van der Waals surface area contributed by atoms with Crippen LogP contribution in [-0.4, -0.2) is 10.2 Å². The van der Waals surface area contributed by atoms with Gasteiger partial charge in [-0.3, -0.25) is 9.69 Å². The number of thiocarbonyl (C=S) groups is 1. The first-order chi connectivity index (χ1) is 14.9. The van der Waals surface area contributed by atoms with Gasteiger partial charge in [0, 0.05) is 20.6 Å². The fourth-order valence-electron chi connectivity index (χ4n) is 3.17. The number of para-hydroxylation sites is 1. The number of thioether (sulfide) groups is 1. The molecule has 3 nitrogen and oxygen atoms in total. The van der Waals surface area contributed by atoms with Crippen LogP contribution in [0.3, 0.4) is 0 Å². The molecular weight excluding hydrogens is 514 g/mol. The van der Waals surface area contributed by atoms with Gasteiger partial charge < -0.3 is 4.74 Å². The highest BCUT2D eigenvalue weighted by Gasteiger charge is 2.34. The molecule has 3 aromatic carbocycles. The molecule has 1 amide bonds. The van der Waals surface area contributed by atoms with Crippen molar-refractivity contribution in [2.75, 3.05) is 4.90 Å². The number of nitrogens with zero attached hydrogens (tertiary/aromatic N) is 1. The third kappa shape index (κ3) is 4.88. The molecule has 7 heteroatoms. The Morgan fingerprint density at radius 1 is 1.13 bits per heavy atom. The highest BCUT2D eigenvalue weighted by Crippen LogP contribution is 2.38. The molecule has 0 bridgehead atoms. The Balaban J connectivity index is 1.63. The summed E-state index contributed by atoms with van der Waals surface area (Å²) >= 11 is 16.6. The van der Waals surface area contributed by atoms with Crippen molar-refractivity contribution in [2.24, 2.45) is 0 Å². The zero-order valence-corrected chi connectivity index (χ0v) is 20.4. The van der Waals surface area contributed by atoms with E-state index in [0.717, 1.165) is 26.9 Å². The summed E-state index contributed by atoms with van der Waals surface area (Å²) in [4.78, 5) is 15.3. The van der Waals surface area contributed by atoms with Gasteiger partial charge >= 0.3 is 0 Å². The van der Waals surface area contributed by atoms with Crippen LogP contribution in [-0.2, 0) is 11.4 Å². The van der Waals surface area contributed by atoms with Crippen molar-refractivity contribution >= 4 is 73.5 Å². The van der Waals surface area contributed by atoms with E-state index in [1.54, 1.807) is 4.90 Å². The van der Waals surface area contributed by atoms with E-state index in [1.807, 2.05) is 79.7 Å². The van der Waals surface area contributed by atoms with E-state index in [-0.39, 0.29) is 5.91 Å². The lowest BCUT2D eigenvalue weighted by molar-refractivity contribution is -0.113. The summed E-state index contributed by atoms with van der Waals surface area (Å²) in [6.07, 6.45) is 1.82. The molecule has 0 radical (unpaired) electrons. The molecule has 0 saturated carbocycles. The molecule has 3 aromatic rings. The molecule has 0 aliphatic carbocycles. The number of rotatable bonds is 5. The largest absolute Gasteiger partial charge is 0.488 e. The van der Waals surface area contributed by atoms with Gasteiger partial charge in [0.1, 0.15) is 12.4 Å². The minimum atomic E-state index is -0.138. The van der Waals surface area contributed by atoms with Crippen LogP contribution in [0.4, 0.5) is 5.69 Å². The van der Waals surface area contributed by atoms with E-state index < -0.39 is 0 Å². The first-order valence-electron chi connectivity index (χ1n) is 9.43. The van der Waals surface area contributed by atoms with Crippen molar-refractivity contribution in [3.8, 4) is 5.75 Å². The maximum absolute atomic E-state index is 13.2. The van der Waals surface area contributed by atoms with E-state index in [0.29, 0.717) is 26.6 Å². The first kappa shape index (κ1) is 22.1. The van der Waals surface area contributed by atoms with Crippen LogP contribution in [0.15, 0.2) is 76.1 Å². The summed E-state index contributed by atoms with van der Waals surface area (Å²) < 4.78 is 7.45. The molecule has 1 fully saturated rings. The molecule has 0 aromatic heterocycles. The molecule has 1 heterocycles. The van der Waals surface area contributed by atoms with Gasteiger partial charge in [-0.25, -0.2) is 0 Å². The molecule has 31 heavy (non-hydrogen) atoms. The minimum absolute atomic E-state index is 0.138. The van der Waals surface area contributed by atoms with Crippen LogP contribution in [0.25, 0.3) is 6.08 Å². The Hall–Kier alpha value is -2.12. The van der Waals surface area contributed by atoms with Crippen molar-refractivity contribution in [3.05, 3.63) is 97.8 Å². The Kier molecular flexibility index (Phi) is 6.82. The minimum Gasteiger partial charge on any atom is -0.488 e. The molecule has 1 aliphatic rings. The monoisotopic (exact) mass is 529 g/mol. The van der Waals surface area contributed by atoms with Gasteiger partial charge in [-0.1, -0.05) is 87.9 Å². The maximum Gasteiger partial charge on any atom is 0.270 e. The maximum atomic E-state index is 13.2. The van der Waals surface area contributed by atoms with Crippen molar-refractivity contribution in [2.45, 2.75) is 13.5 Å². The third-order valence-corrected chi connectivity index (χ3v) is 6.91. The number of aryl methyl sites for hydroxylation is 1. The number of ether oxygens (including phenoxy) is 1. The topological polar surface area (TPSA) is 29.5 Å². The summed E-state index contributed by atoms with van der Waals surface area (Å²) in [5, 5.41) is 0.653. The van der Waals surface area contributed by atoms with Crippen LogP contribution in [0.1, 0.15) is 16.7 Å². The average Bonchev–Trinajstić information content (AvgIpc) is 3.02. The number of anilines is 1. The van der Waals surface area contributed by atoms with Crippen LogP contribution >= 0.6 is 51.5 Å². The lowest BCUT2D eigenvalue weighted by atomic mass is 10.1. The van der Waals surface area contributed by atoms with Gasteiger partial charge in [-0.05, 0) is 48.9 Å². The number of amides is 1. The quantitative estimate of drug-likeness (QED) is 0.254. The van der Waals surface area contributed by atoms with E-state index in [9.17, 15) is 4.79 Å². The molecule has 4 rings (SSSR count). The second-order valence-corrected chi connectivity index (χ2v) is 9.86. The fraction of sp³-hybridized carbons (Fsp3) is 0.0833. The van der Waals surface area contributed by atoms with E-state index in [2.05, 4.69) is 15.9 Å². The van der Waals surface area contributed by atoms with Crippen LogP contribution in [0.5, 0.6) is 5.75 Å². The summed E-state index contributed by atoms with van der Waals surface area (Å²) in [6.45, 7) is 2.29. The van der Waals surface area contributed by atoms with Crippen molar-refractivity contribution in [1.29, 1.82) is 0 Å². The van der Waals surface area contributed by atoms with Crippen LogP contribution < -0.4 is 9.64 Å². The van der Waals surface area contributed by atoms with Gasteiger partial charge in [0.15, 0.2) is 4.32 Å². The Morgan fingerprint density at radius 2 is 1.87 bits per heavy atom. The lowest BCUT2D eigenvalue weighted by Gasteiger charge is -2.16. The Bertz CT molecular complexity index is 1210. The summed E-state index contributed by atoms with van der Waals surface area (Å²) in [6, 6.07) is 21.0. The predicted molar refractivity (Wildman–Crippen MR) is 137 cm³/mol. The Labute approximate surface area is 204 Å². The molecule has 0 spiro atoms. The molecule has 1 aliphatic heterocycles. The highest BCUT2D eigenvalue weighted by molar-refractivity contribution is 9.10. The first-order valence-corrected chi connectivity index (χ1v) is 11.8. The number of hydrogen-bond donors (Lipinski definition) is 0. The van der Waals surface area contributed by atoms with Gasteiger partial charge in [0.2, 0.25) is 0 Å². The molecule has 0 unspecified atom stereocenters. The number of hydrogen-bond acceptors (Lipinski definition) is 4. The molecule has 0 N–H and O–H groups in total. The van der Waals surface area contributed by atoms with E-state index >= 15 is 0 Å². The van der Waals surface area contributed by atoms with E-state index in [4.69, 9.17) is 28.6 Å². The number of carbonyl (C=O) groups is 1. The zero-order chi connectivity index (χ0) is 22.0. The van der Waals surface area contributed by atoms with Gasteiger partial charge in [0.25, 0.3) is 5.91 Å². The van der Waals surface area contributed by atoms with Crippen molar-refractivity contribution < 1.29 is 9.53 Å². The standard InChI is InChI=1S/C24H17BrClNO2S2/c1-15-6-2-5-9-20(15)27-23(28)22(31-24(27)30)13-17-12-18(25)10-11-21(17)29-14-16-7-3-4-8-19(16)26/h2-13H,14H2,1H3/b22-13+. The third-order valence-electron chi connectivity index (χ3n) is 4.75.